The number of hydrogen-bond acceptors (Lipinski definition) is 2. The van der Waals surface area contributed by atoms with Crippen molar-refractivity contribution in [3.8, 4) is 0 Å². The van der Waals surface area contributed by atoms with Gasteiger partial charge in [-0.15, -0.1) is 0 Å². The summed E-state index contributed by atoms with van der Waals surface area (Å²) < 4.78 is 0.847. The molecule has 1 amide bonds. The van der Waals surface area contributed by atoms with Gasteiger partial charge in [0.1, 0.15) is 0 Å². The van der Waals surface area contributed by atoms with E-state index in [0.29, 0.717) is 5.69 Å². The second-order valence-electron chi connectivity index (χ2n) is 5.40. The molecule has 1 rings (SSSR count). The van der Waals surface area contributed by atoms with Gasteiger partial charge in [-0.3, -0.25) is 9.59 Å². The van der Waals surface area contributed by atoms with Crippen molar-refractivity contribution in [3.63, 3.8) is 0 Å². The minimum Gasteiger partial charge on any atom is -0.481 e. The fourth-order valence-corrected chi connectivity index (χ4v) is 2.21. The number of carboxylic acids is 1. The Hall–Kier alpha value is -1.36. The van der Waals surface area contributed by atoms with Crippen molar-refractivity contribution in [2.45, 2.75) is 33.6 Å². The van der Waals surface area contributed by atoms with Crippen LogP contribution >= 0.6 is 15.9 Å². The standard InChI is InChI=1S/C14H18BrNO3/c1-9-5-4-6-10(13(9)15)16-11(17)7-14(2,3)8-12(18)19/h4-6H,7-8H2,1-3H3,(H,16,17)(H,18,19). The average Bonchev–Trinajstić information content (AvgIpc) is 2.21. The summed E-state index contributed by atoms with van der Waals surface area (Å²) in [6.07, 6.45) is 0.134. The third-order valence-electron chi connectivity index (χ3n) is 2.73. The molecule has 1 aromatic carbocycles. The summed E-state index contributed by atoms with van der Waals surface area (Å²) in [6.45, 7) is 5.48. The number of halogens is 1. The molecule has 0 saturated heterocycles. The number of rotatable bonds is 5. The van der Waals surface area contributed by atoms with Crippen LogP contribution in [-0.4, -0.2) is 17.0 Å². The minimum atomic E-state index is -0.894. The number of carbonyl (C=O) groups is 2. The number of nitrogens with one attached hydrogen (secondary N) is 1. The second kappa shape index (κ2) is 6.19. The number of amides is 1. The molecule has 0 unspecified atom stereocenters. The van der Waals surface area contributed by atoms with Crippen molar-refractivity contribution in [2.75, 3.05) is 5.32 Å². The van der Waals surface area contributed by atoms with Gasteiger partial charge in [0.25, 0.3) is 0 Å². The van der Waals surface area contributed by atoms with E-state index in [1.807, 2.05) is 19.1 Å². The van der Waals surface area contributed by atoms with Crippen LogP contribution in [0.5, 0.6) is 0 Å². The third-order valence-corrected chi connectivity index (χ3v) is 3.79. The highest BCUT2D eigenvalue weighted by Crippen LogP contribution is 2.28. The first-order valence-corrected chi connectivity index (χ1v) is 6.77. The molecule has 0 heterocycles. The molecule has 5 heteroatoms. The summed E-state index contributed by atoms with van der Waals surface area (Å²) >= 11 is 3.42. The van der Waals surface area contributed by atoms with E-state index in [2.05, 4.69) is 21.2 Å². The van der Waals surface area contributed by atoms with Gasteiger partial charge in [0, 0.05) is 10.9 Å². The molecule has 104 valence electrons. The molecule has 0 bridgehead atoms. The molecule has 4 nitrogen and oxygen atoms in total. The summed E-state index contributed by atoms with van der Waals surface area (Å²) in [6, 6.07) is 5.60. The van der Waals surface area contributed by atoms with E-state index in [4.69, 9.17) is 5.11 Å². The predicted molar refractivity (Wildman–Crippen MR) is 78.2 cm³/mol. The highest BCUT2D eigenvalue weighted by Gasteiger charge is 2.25. The van der Waals surface area contributed by atoms with Gasteiger partial charge in [-0.05, 0) is 39.9 Å². The van der Waals surface area contributed by atoms with Crippen LogP contribution in [0.15, 0.2) is 22.7 Å². The molecule has 0 aliphatic rings. The van der Waals surface area contributed by atoms with Crippen molar-refractivity contribution < 1.29 is 14.7 Å². The van der Waals surface area contributed by atoms with Gasteiger partial charge < -0.3 is 10.4 Å². The highest BCUT2D eigenvalue weighted by atomic mass is 79.9. The lowest BCUT2D eigenvalue weighted by molar-refractivity contribution is -0.139. The molecule has 0 atom stereocenters. The van der Waals surface area contributed by atoms with Gasteiger partial charge in [0.15, 0.2) is 0 Å². The lowest BCUT2D eigenvalue weighted by Gasteiger charge is -2.21. The number of carbonyl (C=O) groups excluding carboxylic acids is 1. The number of anilines is 1. The topological polar surface area (TPSA) is 66.4 Å². The zero-order valence-corrected chi connectivity index (χ0v) is 12.9. The fourth-order valence-electron chi connectivity index (χ4n) is 1.84. The maximum Gasteiger partial charge on any atom is 0.303 e. The SMILES string of the molecule is Cc1cccc(NC(=O)CC(C)(C)CC(=O)O)c1Br. The van der Waals surface area contributed by atoms with Gasteiger partial charge in [-0.2, -0.15) is 0 Å². The minimum absolute atomic E-state index is 0.0323. The summed E-state index contributed by atoms with van der Waals surface area (Å²) in [5, 5.41) is 11.6. The molecule has 0 fully saturated rings. The van der Waals surface area contributed by atoms with E-state index >= 15 is 0 Å². The van der Waals surface area contributed by atoms with Gasteiger partial charge >= 0.3 is 5.97 Å². The van der Waals surface area contributed by atoms with Crippen LogP contribution in [0.2, 0.25) is 0 Å². The Balaban J connectivity index is 2.70. The molecule has 0 saturated carbocycles. The maximum atomic E-state index is 11.9. The second-order valence-corrected chi connectivity index (χ2v) is 6.19. The Kier molecular flexibility index (Phi) is 5.11. The zero-order valence-electron chi connectivity index (χ0n) is 11.3. The molecule has 1 aromatic rings. The number of aryl methyl sites for hydroxylation is 1. The van der Waals surface area contributed by atoms with E-state index in [1.54, 1.807) is 19.9 Å². The van der Waals surface area contributed by atoms with Crippen molar-refractivity contribution in [2.24, 2.45) is 5.41 Å². The zero-order chi connectivity index (χ0) is 14.6. The summed E-state index contributed by atoms with van der Waals surface area (Å²) in [5.74, 6) is -1.08. The quantitative estimate of drug-likeness (QED) is 0.868. The predicted octanol–water partition coefficient (Wildman–Crippen LogP) is 3.59. The fraction of sp³-hybridized carbons (Fsp3) is 0.429. The van der Waals surface area contributed by atoms with E-state index < -0.39 is 11.4 Å². The molecule has 0 aliphatic carbocycles. The first kappa shape index (κ1) is 15.7. The Bertz CT molecular complexity index is 497. The summed E-state index contributed by atoms with van der Waals surface area (Å²) in [5.41, 5.74) is 1.17. The van der Waals surface area contributed by atoms with Crippen LogP contribution in [-0.2, 0) is 9.59 Å². The van der Waals surface area contributed by atoms with E-state index in [0.717, 1.165) is 10.0 Å². The Labute approximate surface area is 121 Å². The van der Waals surface area contributed by atoms with Gasteiger partial charge in [-0.1, -0.05) is 26.0 Å². The van der Waals surface area contributed by atoms with E-state index in [-0.39, 0.29) is 18.7 Å². The van der Waals surface area contributed by atoms with Crippen LogP contribution in [0.25, 0.3) is 0 Å². The first-order valence-electron chi connectivity index (χ1n) is 5.98. The normalized spacial score (nSPS) is 11.2. The van der Waals surface area contributed by atoms with Gasteiger partial charge in [0.2, 0.25) is 5.91 Å². The van der Waals surface area contributed by atoms with Crippen LogP contribution in [0, 0.1) is 12.3 Å². The highest BCUT2D eigenvalue weighted by molar-refractivity contribution is 9.10. The van der Waals surface area contributed by atoms with Crippen LogP contribution in [0.1, 0.15) is 32.3 Å². The molecule has 0 spiro atoms. The molecule has 19 heavy (non-hydrogen) atoms. The largest absolute Gasteiger partial charge is 0.481 e. The number of benzene rings is 1. The number of carboxylic acid groups (broad SMARTS) is 1. The van der Waals surface area contributed by atoms with Crippen molar-refractivity contribution in [1.82, 2.24) is 0 Å². The Morgan fingerprint density at radius 2 is 1.95 bits per heavy atom. The lowest BCUT2D eigenvalue weighted by Crippen LogP contribution is -2.25. The van der Waals surface area contributed by atoms with Crippen LogP contribution in [0.3, 0.4) is 0 Å². The van der Waals surface area contributed by atoms with Crippen molar-refractivity contribution in [1.29, 1.82) is 0 Å². The van der Waals surface area contributed by atoms with E-state index in [9.17, 15) is 9.59 Å². The van der Waals surface area contributed by atoms with Crippen LogP contribution < -0.4 is 5.32 Å². The summed E-state index contributed by atoms with van der Waals surface area (Å²) in [7, 11) is 0. The number of aliphatic carboxylic acids is 1. The molecular weight excluding hydrogens is 310 g/mol. The Morgan fingerprint density at radius 3 is 2.53 bits per heavy atom. The monoisotopic (exact) mass is 327 g/mol. The molecular formula is C14H18BrNO3. The lowest BCUT2D eigenvalue weighted by atomic mass is 9.85. The van der Waals surface area contributed by atoms with Crippen molar-refractivity contribution >= 4 is 33.5 Å². The smallest absolute Gasteiger partial charge is 0.303 e. The average molecular weight is 328 g/mol. The van der Waals surface area contributed by atoms with Crippen LogP contribution in [0.4, 0.5) is 5.69 Å². The van der Waals surface area contributed by atoms with Gasteiger partial charge in [-0.25, -0.2) is 0 Å². The van der Waals surface area contributed by atoms with Gasteiger partial charge in [0.05, 0.1) is 12.1 Å². The molecule has 0 radical (unpaired) electrons. The molecule has 0 aliphatic heterocycles. The number of hydrogen-bond donors (Lipinski definition) is 2. The van der Waals surface area contributed by atoms with Crippen molar-refractivity contribution in [3.05, 3.63) is 28.2 Å². The Morgan fingerprint density at radius 1 is 1.32 bits per heavy atom. The van der Waals surface area contributed by atoms with E-state index in [1.165, 1.54) is 0 Å². The maximum absolute atomic E-state index is 11.9. The molecule has 0 aromatic heterocycles. The summed E-state index contributed by atoms with van der Waals surface area (Å²) in [4.78, 5) is 22.7. The third kappa shape index (κ3) is 5.03. The molecule has 2 N–H and O–H groups in total. The first-order chi connectivity index (χ1) is 8.71.